The van der Waals surface area contributed by atoms with Gasteiger partial charge in [0, 0.05) is 28.2 Å². The summed E-state index contributed by atoms with van der Waals surface area (Å²) in [7, 11) is 0. The second-order valence-electron chi connectivity index (χ2n) is 4.39. The quantitative estimate of drug-likeness (QED) is 0.561. The zero-order valence-corrected chi connectivity index (χ0v) is 13.0. The van der Waals surface area contributed by atoms with Crippen molar-refractivity contribution in [2.45, 2.75) is 12.5 Å². The molecular formula is C14H13BrN4S. The number of hydrazine groups is 1. The van der Waals surface area contributed by atoms with Crippen molar-refractivity contribution in [1.82, 2.24) is 15.4 Å². The summed E-state index contributed by atoms with van der Waals surface area (Å²) in [6.07, 6.45) is 4.22. The molecule has 0 saturated heterocycles. The number of hydrogen-bond acceptors (Lipinski definition) is 5. The molecule has 6 heteroatoms. The predicted molar refractivity (Wildman–Crippen MR) is 85.3 cm³/mol. The standard InChI is InChI=1S/C14H13BrN4S/c15-10-4-7-20-13(10)8-12(19-16)9-2-1-3-11-14(9)18-6-5-17-11/h1-7,12,19H,8,16H2. The highest BCUT2D eigenvalue weighted by atomic mass is 79.9. The zero-order chi connectivity index (χ0) is 13.9. The molecule has 0 spiro atoms. The lowest BCUT2D eigenvalue weighted by Crippen LogP contribution is -2.29. The zero-order valence-electron chi connectivity index (χ0n) is 10.6. The van der Waals surface area contributed by atoms with Crippen LogP contribution in [0.3, 0.4) is 0 Å². The first-order valence-corrected chi connectivity index (χ1v) is 7.84. The number of nitrogens with zero attached hydrogens (tertiary/aromatic N) is 2. The summed E-state index contributed by atoms with van der Waals surface area (Å²) in [5, 5.41) is 2.07. The second-order valence-corrected chi connectivity index (χ2v) is 6.24. The number of thiophene rings is 1. The lowest BCUT2D eigenvalue weighted by Gasteiger charge is -2.17. The van der Waals surface area contributed by atoms with E-state index in [1.807, 2.05) is 18.2 Å². The maximum absolute atomic E-state index is 5.75. The fraction of sp³-hybridized carbons (Fsp3) is 0.143. The van der Waals surface area contributed by atoms with Crippen LogP contribution in [0.2, 0.25) is 0 Å². The maximum Gasteiger partial charge on any atom is 0.0935 e. The second kappa shape index (κ2) is 5.97. The molecular weight excluding hydrogens is 336 g/mol. The minimum atomic E-state index is 0.00495. The van der Waals surface area contributed by atoms with E-state index in [4.69, 9.17) is 5.84 Å². The van der Waals surface area contributed by atoms with Gasteiger partial charge in [-0.1, -0.05) is 12.1 Å². The van der Waals surface area contributed by atoms with Crippen LogP contribution in [0.5, 0.6) is 0 Å². The number of nitrogens with one attached hydrogen (secondary N) is 1. The molecule has 3 aromatic rings. The lowest BCUT2D eigenvalue weighted by atomic mass is 10.0. The van der Waals surface area contributed by atoms with Crippen molar-refractivity contribution in [3.05, 3.63) is 57.0 Å². The van der Waals surface area contributed by atoms with Gasteiger partial charge in [-0.3, -0.25) is 21.2 Å². The average molecular weight is 349 g/mol. The van der Waals surface area contributed by atoms with E-state index in [1.54, 1.807) is 23.7 Å². The van der Waals surface area contributed by atoms with Gasteiger partial charge in [0.2, 0.25) is 0 Å². The molecule has 0 fully saturated rings. The van der Waals surface area contributed by atoms with E-state index in [-0.39, 0.29) is 6.04 Å². The highest BCUT2D eigenvalue weighted by Gasteiger charge is 2.16. The highest BCUT2D eigenvalue weighted by molar-refractivity contribution is 9.10. The van der Waals surface area contributed by atoms with E-state index in [1.165, 1.54) is 4.88 Å². The number of benzene rings is 1. The third kappa shape index (κ3) is 2.60. The summed E-state index contributed by atoms with van der Waals surface area (Å²) in [4.78, 5) is 10.0. The Kier molecular flexibility index (Phi) is 4.07. The first kappa shape index (κ1) is 13.6. The van der Waals surface area contributed by atoms with Gasteiger partial charge in [-0.2, -0.15) is 0 Å². The van der Waals surface area contributed by atoms with Gasteiger partial charge in [-0.15, -0.1) is 11.3 Å². The van der Waals surface area contributed by atoms with E-state index in [9.17, 15) is 0 Å². The predicted octanol–water partition coefficient (Wildman–Crippen LogP) is 3.20. The molecule has 0 aliphatic heterocycles. The van der Waals surface area contributed by atoms with Gasteiger partial charge >= 0.3 is 0 Å². The van der Waals surface area contributed by atoms with Crippen LogP contribution in [0.1, 0.15) is 16.5 Å². The van der Waals surface area contributed by atoms with Gasteiger partial charge in [0.1, 0.15) is 0 Å². The fourth-order valence-corrected chi connectivity index (χ4v) is 3.77. The monoisotopic (exact) mass is 348 g/mol. The first-order chi connectivity index (χ1) is 9.79. The number of hydrogen-bond donors (Lipinski definition) is 2. The Morgan fingerprint density at radius 3 is 2.85 bits per heavy atom. The molecule has 1 aromatic carbocycles. The average Bonchev–Trinajstić information content (AvgIpc) is 2.89. The number of nitrogens with two attached hydrogens (primary N) is 1. The summed E-state index contributed by atoms with van der Waals surface area (Å²) in [5.41, 5.74) is 5.74. The minimum absolute atomic E-state index is 0.00495. The largest absolute Gasteiger partial charge is 0.271 e. The summed E-state index contributed by atoms with van der Waals surface area (Å²) >= 11 is 5.27. The van der Waals surface area contributed by atoms with Gasteiger partial charge in [0.15, 0.2) is 0 Å². The van der Waals surface area contributed by atoms with E-state index in [0.717, 1.165) is 27.5 Å². The Morgan fingerprint density at radius 1 is 1.25 bits per heavy atom. The number of para-hydroxylation sites is 1. The summed E-state index contributed by atoms with van der Waals surface area (Å²) in [6.45, 7) is 0. The van der Waals surface area contributed by atoms with Gasteiger partial charge in [0.25, 0.3) is 0 Å². The smallest absolute Gasteiger partial charge is 0.0935 e. The van der Waals surface area contributed by atoms with Crippen molar-refractivity contribution in [2.75, 3.05) is 0 Å². The van der Waals surface area contributed by atoms with Crippen molar-refractivity contribution in [2.24, 2.45) is 5.84 Å². The molecule has 0 bridgehead atoms. The normalized spacial score (nSPS) is 12.7. The minimum Gasteiger partial charge on any atom is -0.271 e. The van der Waals surface area contributed by atoms with Crippen molar-refractivity contribution in [3.63, 3.8) is 0 Å². The van der Waals surface area contributed by atoms with E-state index < -0.39 is 0 Å². The molecule has 0 saturated carbocycles. The Labute approximate surface area is 129 Å². The van der Waals surface area contributed by atoms with Crippen LogP contribution in [0.25, 0.3) is 11.0 Å². The molecule has 4 nitrogen and oxygen atoms in total. The van der Waals surface area contributed by atoms with Gasteiger partial charge in [-0.05, 0) is 39.0 Å². The summed E-state index contributed by atoms with van der Waals surface area (Å²) in [5.74, 6) is 5.75. The van der Waals surface area contributed by atoms with Gasteiger partial charge < -0.3 is 0 Å². The van der Waals surface area contributed by atoms with Crippen molar-refractivity contribution in [1.29, 1.82) is 0 Å². The van der Waals surface area contributed by atoms with Crippen molar-refractivity contribution in [3.8, 4) is 0 Å². The Balaban J connectivity index is 2.01. The summed E-state index contributed by atoms with van der Waals surface area (Å²) in [6, 6.07) is 8.05. The molecule has 1 unspecified atom stereocenters. The highest BCUT2D eigenvalue weighted by Crippen LogP contribution is 2.29. The molecule has 0 aliphatic carbocycles. The molecule has 0 aliphatic rings. The summed E-state index contributed by atoms with van der Waals surface area (Å²) < 4.78 is 1.12. The van der Waals surface area contributed by atoms with Crippen LogP contribution in [0.15, 0.2) is 46.5 Å². The van der Waals surface area contributed by atoms with Crippen LogP contribution >= 0.6 is 27.3 Å². The van der Waals surface area contributed by atoms with E-state index >= 15 is 0 Å². The third-order valence-electron chi connectivity index (χ3n) is 3.19. The van der Waals surface area contributed by atoms with E-state index in [0.29, 0.717) is 0 Å². The lowest BCUT2D eigenvalue weighted by molar-refractivity contribution is 0.557. The van der Waals surface area contributed by atoms with Crippen molar-refractivity contribution < 1.29 is 0 Å². The molecule has 102 valence electrons. The maximum atomic E-state index is 5.75. The number of halogens is 1. The molecule has 0 amide bonds. The molecule has 2 heterocycles. The Bertz CT molecular complexity index is 723. The number of rotatable bonds is 4. The fourth-order valence-electron chi connectivity index (χ4n) is 2.21. The molecule has 2 aromatic heterocycles. The third-order valence-corrected chi connectivity index (χ3v) is 5.14. The SMILES string of the molecule is NNC(Cc1sccc1Br)c1cccc2nccnc12. The number of fused-ring (bicyclic) bond motifs is 1. The van der Waals surface area contributed by atoms with Gasteiger partial charge in [-0.25, -0.2) is 0 Å². The van der Waals surface area contributed by atoms with E-state index in [2.05, 4.69) is 42.8 Å². The molecule has 3 N–H and O–H groups in total. The Morgan fingerprint density at radius 2 is 2.10 bits per heavy atom. The topological polar surface area (TPSA) is 63.8 Å². The van der Waals surface area contributed by atoms with Crippen LogP contribution in [0.4, 0.5) is 0 Å². The molecule has 3 rings (SSSR count). The van der Waals surface area contributed by atoms with Crippen LogP contribution < -0.4 is 11.3 Å². The number of aromatic nitrogens is 2. The van der Waals surface area contributed by atoms with Crippen LogP contribution in [0, 0.1) is 0 Å². The molecule has 1 atom stereocenters. The first-order valence-electron chi connectivity index (χ1n) is 6.17. The van der Waals surface area contributed by atoms with Crippen molar-refractivity contribution >= 4 is 38.3 Å². The molecule has 0 radical (unpaired) electrons. The Hall–Kier alpha value is -1.34. The van der Waals surface area contributed by atoms with Crippen LogP contribution in [-0.2, 0) is 6.42 Å². The molecule has 20 heavy (non-hydrogen) atoms. The van der Waals surface area contributed by atoms with Gasteiger partial charge in [0.05, 0.1) is 17.1 Å². The van der Waals surface area contributed by atoms with Crippen LogP contribution in [-0.4, -0.2) is 9.97 Å².